The van der Waals surface area contributed by atoms with Crippen molar-refractivity contribution >= 4 is 11.9 Å². The van der Waals surface area contributed by atoms with Crippen molar-refractivity contribution in [1.29, 1.82) is 0 Å². The van der Waals surface area contributed by atoms with Gasteiger partial charge in [0, 0.05) is 18.9 Å². The standard InChI is InChI=1S/C10H16O5/c1-4-8(11)13-7-14-10(6-3)15-9(12)5-2/h4,10H,1,5-7H2,2-3H3. The molecule has 0 aromatic heterocycles. The Hall–Kier alpha value is -1.36. The van der Waals surface area contributed by atoms with Crippen LogP contribution < -0.4 is 0 Å². The first-order valence-electron chi connectivity index (χ1n) is 4.74. The number of hydrogen-bond donors (Lipinski definition) is 0. The van der Waals surface area contributed by atoms with E-state index in [1.807, 2.05) is 0 Å². The summed E-state index contributed by atoms with van der Waals surface area (Å²) in [6.45, 7) is 6.46. The van der Waals surface area contributed by atoms with Gasteiger partial charge in [-0.15, -0.1) is 0 Å². The van der Waals surface area contributed by atoms with Gasteiger partial charge in [-0.1, -0.05) is 20.4 Å². The van der Waals surface area contributed by atoms with Gasteiger partial charge in [0.05, 0.1) is 0 Å². The van der Waals surface area contributed by atoms with E-state index in [1.165, 1.54) is 0 Å². The highest BCUT2D eigenvalue weighted by Crippen LogP contribution is 2.02. The van der Waals surface area contributed by atoms with Gasteiger partial charge in [-0.05, 0) is 0 Å². The Morgan fingerprint density at radius 1 is 1.40 bits per heavy atom. The fourth-order valence-electron chi connectivity index (χ4n) is 0.692. The molecule has 86 valence electrons. The van der Waals surface area contributed by atoms with Gasteiger partial charge in [0.1, 0.15) is 0 Å². The van der Waals surface area contributed by atoms with E-state index in [1.54, 1.807) is 13.8 Å². The minimum atomic E-state index is -0.671. The molecule has 0 aliphatic carbocycles. The molecule has 0 N–H and O–H groups in total. The van der Waals surface area contributed by atoms with E-state index in [2.05, 4.69) is 11.3 Å². The third kappa shape index (κ3) is 6.68. The Morgan fingerprint density at radius 3 is 2.53 bits per heavy atom. The first-order chi connectivity index (χ1) is 7.13. The molecule has 0 heterocycles. The van der Waals surface area contributed by atoms with Crippen LogP contribution in [0.5, 0.6) is 0 Å². The molecule has 0 aliphatic heterocycles. The van der Waals surface area contributed by atoms with Crippen molar-refractivity contribution in [2.75, 3.05) is 6.79 Å². The molecule has 0 saturated carbocycles. The van der Waals surface area contributed by atoms with Gasteiger partial charge in [-0.25, -0.2) is 4.79 Å². The molecule has 5 nitrogen and oxygen atoms in total. The van der Waals surface area contributed by atoms with E-state index >= 15 is 0 Å². The summed E-state index contributed by atoms with van der Waals surface area (Å²) in [5.41, 5.74) is 0. The molecule has 0 fully saturated rings. The van der Waals surface area contributed by atoms with Crippen LogP contribution in [-0.2, 0) is 23.8 Å². The molecular weight excluding hydrogens is 200 g/mol. The second-order valence-electron chi connectivity index (χ2n) is 2.63. The molecule has 0 rings (SSSR count). The lowest BCUT2D eigenvalue weighted by Gasteiger charge is -2.15. The summed E-state index contributed by atoms with van der Waals surface area (Å²) in [6.07, 6.45) is 1.14. The monoisotopic (exact) mass is 216 g/mol. The highest BCUT2D eigenvalue weighted by atomic mass is 16.8. The lowest BCUT2D eigenvalue weighted by Crippen LogP contribution is -2.22. The predicted molar refractivity (Wildman–Crippen MR) is 52.7 cm³/mol. The second kappa shape index (κ2) is 7.99. The van der Waals surface area contributed by atoms with Crippen molar-refractivity contribution in [3.63, 3.8) is 0 Å². The van der Waals surface area contributed by atoms with E-state index in [0.29, 0.717) is 6.42 Å². The van der Waals surface area contributed by atoms with Gasteiger partial charge < -0.3 is 14.2 Å². The van der Waals surface area contributed by atoms with E-state index in [9.17, 15) is 9.59 Å². The van der Waals surface area contributed by atoms with Gasteiger partial charge >= 0.3 is 11.9 Å². The molecule has 0 aliphatic rings. The van der Waals surface area contributed by atoms with Crippen molar-refractivity contribution in [3.8, 4) is 0 Å². The average molecular weight is 216 g/mol. The smallest absolute Gasteiger partial charge is 0.332 e. The fourth-order valence-corrected chi connectivity index (χ4v) is 0.692. The zero-order valence-corrected chi connectivity index (χ0v) is 9.02. The summed E-state index contributed by atoms with van der Waals surface area (Å²) in [5.74, 6) is -0.927. The average Bonchev–Trinajstić information content (AvgIpc) is 2.26. The summed E-state index contributed by atoms with van der Waals surface area (Å²) in [7, 11) is 0. The van der Waals surface area contributed by atoms with Crippen LogP contribution in [0.4, 0.5) is 0 Å². The highest BCUT2D eigenvalue weighted by Gasteiger charge is 2.11. The van der Waals surface area contributed by atoms with E-state index in [4.69, 9.17) is 9.47 Å². The lowest BCUT2D eigenvalue weighted by molar-refractivity contribution is -0.202. The minimum Gasteiger partial charge on any atom is -0.436 e. The van der Waals surface area contributed by atoms with Crippen molar-refractivity contribution in [3.05, 3.63) is 12.7 Å². The Bertz CT molecular complexity index is 224. The number of hydrogen-bond acceptors (Lipinski definition) is 5. The summed E-state index contributed by atoms with van der Waals surface area (Å²) < 4.78 is 14.5. The van der Waals surface area contributed by atoms with Gasteiger partial charge in [-0.3, -0.25) is 4.79 Å². The van der Waals surface area contributed by atoms with Gasteiger partial charge in [0.2, 0.25) is 6.29 Å². The number of rotatable bonds is 7. The Kier molecular flexibility index (Phi) is 7.27. The summed E-state index contributed by atoms with van der Waals surface area (Å²) in [5, 5.41) is 0. The zero-order chi connectivity index (χ0) is 11.7. The third-order valence-electron chi connectivity index (χ3n) is 1.51. The topological polar surface area (TPSA) is 61.8 Å². The molecule has 1 unspecified atom stereocenters. The van der Waals surface area contributed by atoms with Crippen LogP contribution in [0.3, 0.4) is 0 Å². The highest BCUT2D eigenvalue weighted by molar-refractivity contribution is 5.81. The van der Waals surface area contributed by atoms with E-state index in [0.717, 1.165) is 6.08 Å². The quantitative estimate of drug-likeness (QED) is 0.365. The number of ether oxygens (including phenoxy) is 3. The molecule has 0 saturated heterocycles. The number of carbonyl (C=O) groups is 2. The first-order valence-corrected chi connectivity index (χ1v) is 4.74. The first kappa shape index (κ1) is 13.6. The molecule has 0 bridgehead atoms. The van der Waals surface area contributed by atoms with Crippen LogP contribution in [0, 0.1) is 0 Å². The molecular formula is C10H16O5. The molecule has 0 radical (unpaired) electrons. The van der Waals surface area contributed by atoms with Crippen molar-refractivity contribution in [1.82, 2.24) is 0 Å². The molecule has 1 atom stereocenters. The van der Waals surface area contributed by atoms with E-state index in [-0.39, 0.29) is 19.2 Å². The normalized spacial score (nSPS) is 11.6. The summed E-state index contributed by atoms with van der Waals surface area (Å²) in [4.78, 5) is 21.5. The molecule has 15 heavy (non-hydrogen) atoms. The Morgan fingerprint density at radius 2 is 2.07 bits per heavy atom. The number of esters is 2. The maximum absolute atomic E-state index is 10.9. The predicted octanol–water partition coefficient (Wildman–Crippen LogP) is 1.38. The second-order valence-corrected chi connectivity index (χ2v) is 2.63. The van der Waals surface area contributed by atoms with Crippen LogP contribution in [0.25, 0.3) is 0 Å². The van der Waals surface area contributed by atoms with Gasteiger partial charge in [-0.2, -0.15) is 0 Å². The number of carbonyl (C=O) groups excluding carboxylic acids is 2. The minimum absolute atomic E-state index is 0.250. The maximum Gasteiger partial charge on any atom is 0.332 e. The van der Waals surface area contributed by atoms with Crippen molar-refractivity contribution in [2.45, 2.75) is 33.0 Å². The molecule has 0 amide bonds. The van der Waals surface area contributed by atoms with Crippen LogP contribution in [0.1, 0.15) is 26.7 Å². The molecule has 5 heteroatoms. The largest absolute Gasteiger partial charge is 0.436 e. The van der Waals surface area contributed by atoms with Crippen LogP contribution >= 0.6 is 0 Å². The van der Waals surface area contributed by atoms with Crippen LogP contribution in [-0.4, -0.2) is 25.0 Å². The molecule has 0 aromatic rings. The molecule has 0 aromatic carbocycles. The van der Waals surface area contributed by atoms with Gasteiger partial charge in [0.15, 0.2) is 6.79 Å². The van der Waals surface area contributed by atoms with Gasteiger partial charge in [0.25, 0.3) is 0 Å². The van der Waals surface area contributed by atoms with Crippen molar-refractivity contribution < 1.29 is 23.8 Å². The Balaban J connectivity index is 3.75. The summed E-state index contributed by atoms with van der Waals surface area (Å²) >= 11 is 0. The van der Waals surface area contributed by atoms with Crippen LogP contribution in [0.2, 0.25) is 0 Å². The maximum atomic E-state index is 10.9. The van der Waals surface area contributed by atoms with E-state index < -0.39 is 12.3 Å². The lowest BCUT2D eigenvalue weighted by atomic mass is 10.4. The Labute approximate surface area is 89.0 Å². The van der Waals surface area contributed by atoms with Crippen molar-refractivity contribution in [2.24, 2.45) is 0 Å². The SMILES string of the molecule is C=CC(=O)OCOC(CC)OC(=O)CC. The zero-order valence-electron chi connectivity index (χ0n) is 9.02. The third-order valence-corrected chi connectivity index (χ3v) is 1.51. The fraction of sp³-hybridized carbons (Fsp3) is 0.600. The molecule has 0 spiro atoms. The summed E-state index contributed by atoms with van der Waals surface area (Å²) in [6, 6.07) is 0. The van der Waals surface area contributed by atoms with Crippen LogP contribution in [0.15, 0.2) is 12.7 Å².